The quantitative estimate of drug-likeness (QED) is 0.705. The molecule has 74 valence electrons. The van der Waals surface area contributed by atoms with Gasteiger partial charge in [-0.15, -0.1) is 0 Å². The summed E-state index contributed by atoms with van der Waals surface area (Å²) in [6.45, 7) is 1.82. The Morgan fingerprint density at radius 1 is 1.71 bits per heavy atom. The molecule has 0 aliphatic carbocycles. The molecule has 0 saturated carbocycles. The summed E-state index contributed by atoms with van der Waals surface area (Å²) in [5.41, 5.74) is 0.160. The maximum absolute atomic E-state index is 11.3. The van der Waals surface area contributed by atoms with Crippen LogP contribution in [0.3, 0.4) is 0 Å². The number of aromatic nitrogens is 4. The van der Waals surface area contributed by atoms with Crippen molar-refractivity contribution in [3.05, 3.63) is 22.9 Å². The van der Waals surface area contributed by atoms with Crippen LogP contribution in [0.5, 0.6) is 0 Å². The van der Waals surface area contributed by atoms with Crippen molar-refractivity contribution >= 4 is 11.0 Å². The average molecular weight is 194 g/mol. The van der Waals surface area contributed by atoms with E-state index in [0.717, 1.165) is 0 Å². The molecule has 6 nitrogen and oxygen atoms in total. The molecule has 2 rings (SSSR count). The van der Waals surface area contributed by atoms with E-state index in [1.807, 2.05) is 6.92 Å². The van der Waals surface area contributed by atoms with Gasteiger partial charge in [0.15, 0.2) is 5.65 Å². The fraction of sp³-hybridized carbons (Fsp3) is 0.375. The Hall–Kier alpha value is -1.69. The van der Waals surface area contributed by atoms with Crippen molar-refractivity contribution in [1.82, 2.24) is 19.7 Å². The molecule has 0 radical (unpaired) electrons. The minimum Gasteiger partial charge on any atom is -0.372 e. The van der Waals surface area contributed by atoms with Crippen molar-refractivity contribution < 1.29 is 5.11 Å². The van der Waals surface area contributed by atoms with Crippen molar-refractivity contribution in [2.75, 3.05) is 0 Å². The largest absolute Gasteiger partial charge is 0.372 e. The van der Waals surface area contributed by atoms with Gasteiger partial charge in [0.2, 0.25) is 0 Å². The molecule has 6 heteroatoms. The monoisotopic (exact) mass is 194 g/mol. The molecular weight excluding hydrogens is 184 g/mol. The van der Waals surface area contributed by atoms with Gasteiger partial charge in [0.25, 0.3) is 5.56 Å². The lowest BCUT2D eigenvalue weighted by Gasteiger charge is -2.07. The van der Waals surface area contributed by atoms with Gasteiger partial charge in [-0.3, -0.25) is 4.79 Å². The molecule has 1 unspecified atom stereocenters. The van der Waals surface area contributed by atoms with Gasteiger partial charge in [-0.1, -0.05) is 6.92 Å². The number of aliphatic hydroxyl groups excluding tert-OH is 1. The van der Waals surface area contributed by atoms with Crippen LogP contribution >= 0.6 is 0 Å². The number of aromatic amines is 1. The Morgan fingerprint density at radius 3 is 3.21 bits per heavy atom. The molecule has 2 heterocycles. The maximum Gasteiger partial charge on any atom is 0.261 e. The third kappa shape index (κ3) is 1.20. The van der Waals surface area contributed by atoms with Crippen LogP contribution in [-0.2, 0) is 0 Å². The molecule has 1 atom stereocenters. The lowest BCUT2D eigenvalue weighted by atomic mass is 10.4. The lowest BCUT2D eigenvalue weighted by Crippen LogP contribution is -2.11. The van der Waals surface area contributed by atoms with Crippen LogP contribution in [0.25, 0.3) is 11.0 Å². The molecule has 0 bridgehead atoms. The zero-order valence-electron chi connectivity index (χ0n) is 7.64. The maximum atomic E-state index is 11.3. The van der Waals surface area contributed by atoms with E-state index in [2.05, 4.69) is 15.1 Å². The molecule has 0 aromatic carbocycles. The van der Waals surface area contributed by atoms with Gasteiger partial charge < -0.3 is 10.1 Å². The van der Waals surface area contributed by atoms with Gasteiger partial charge in [0.05, 0.1) is 12.5 Å². The highest BCUT2D eigenvalue weighted by Gasteiger charge is 2.11. The van der Waals surface area contributed by atoms with Crippen LogP contribution in [0.1, 0.15) is 19.6 Å². The first kappa shape index (κ1) is 8.89. The summed E-state index contributed by atoms with van der Waals surface area (Å²) in [4.78, 5) is 17.7. The summed E-state index contributed by atoms with van der Waals surface area (Å²) in [6.07, 6.45) is 2.48. The number of rotatable bonds is 2. The first-order valence-electron chi connectivity index (χ1n) is 4.33. The highest BCUT2D eigenvalue weighted by Crippen LogP contribution is 2.12. The first-order chi connectivity index (χ1) is 6.74. The Morgan fingerprint density at radius 2 is 2.50 bits per heavy atom. The van der Waals surface area contributed by atoms with Crippen LogP contribution < -0.4 is 5.56 Å². The second-order valence-corrected chi connectivity index (χ2v) is 2.95. The SMILES string of the molecule is CCC(O)n1ncc2c(=O)[nH]cnc21. The van der Waals surface area contributed by atoms with Gasteiger partial charge in [0, 0.05) is 0 Å². The first-order valence-corrected chi connectivity index (χ1v) is 4.33. The van der Waals surface area contributed by atoms with E-state index in [1.54, 1.807) is 0 Å². The van der Waals surface area contributed by atoms with E-state index in [9.17, 15) is 9.90 Å². The molecule has 0 spiro atoms. The summed E-state index contributed by atoms with van der Waals surface area (Å²) in [6, 6.07) is 0. The molecule has 2 N–H and O–H groups in total. The van der Waals surface area contributed by atoms with E-state index in [1.165, 1.54) is 17.2 Å². The predicted molar refractivity (Wildman–Crippen MR) is 49.7 cm³/mol. The number of nitrogens with one attached hydrogen (secondary N) is 1. The Balaban J connectivity index is 2.70. The van der Waals surface area contributed by atoms with Crippen LogP contribution in [0.4, 0.5) is 0 Å². The molecule has 0 fully saturated rings. The van der Waals surface area contributed by atoms with E-state index < -0.39 is 6.23 Å². The summed E-state index contributed by atoms with van der Waals surface area (Å²) in [5.74, 6) is 0. The van der Waals surface area contributed by atoms with Gasteiger partial charge in [-0.2, -0.15) is 5.10 Å². The molecular formula is C8H10N4O2. The summed E-state index contributed by atoms with van der Waals surface area (Å²) < 4.78 is 1.34. The van der Waals surface area contributed by atoms with Crippen molar-refractivity contribution in [3.63, 3.8) is 0 Å². The van der Waals surface area contributed by atoms with Crippen LogP contribution in [0.15, 0.2) is 17.3 Å². The molecule has 0 aliphatic heterocycles. The third-order valence-electron chi connectivity index (χ3n) is 2.04. The Labute approximate surface area is 79.2 Å². The van der Waals surface area contributed by atoms with Crippen molar-refractivity contribution in [3.8, 4) is 0 Å². The number of hydrogen-bond acceptors (Lipinski definition) is 4. The van der Waals surface area contributed by atoms with E-state index in [0.29, 0.717) is 17.5 Å². The molecule has 0 aliphatic rings. The standard InChI is InChI=1S/C8H10N4O2/c1-2-6(13)12-7-5(3-11-12)8(14)10-4-9-7/h3-4,6,13H,2H2,1H3,(H,9,10,14). The normalized spacial score (nSPS) is 13.3. The molecule has 0 saturated heterocycles. The number of aliphatic hydroxyl groups is 1. The minimum atomic E-state index is -0.734. The van der Waals surface area contributed by atoms with Crippen molar-refractivity contribution in [1.29, 1.82) is 0 Å². The Kier molecular flexibility index (Phi) is 2.05. The number of H-pyrrole nitrogens is 1. The topological polar surface area (TPSA) is 83.8 Å². The number of nitrogens with zero attached hydrogens (tertiary/aromatic N) is 3. The average Bonchev–Trinajstić information content (AvgIpc) is 2.62. The van der Waals surface area contributed by atoms with Crippen LogP contribution in [0.2, 0.25) is 0 Å². The van der Waals surface area contributed by atoms with E-state index >= 15 is 0 Å². The summed E-state index contributed by atoms with van der Waals surface area (Å²) >= 11 is 0. The second-order valence-electron chi connectivity index (χ2n) is 2.95. The lowest BCUT2D eigenvalue weighted by molar-refractivity contribution is 0.0908. The smallest absolute Gasteiger partial charge is 0.261 e. The van der Waals surface area contributed by atoms with Gasteiger partial charge in [-0.05, 0) is 6.42 Å². The van der Waals surface area contributed by atoms with Gasteiger partial charge >= 0.3 is 0 Å². The highest BCUT2D eigenvalue weighted by molar-refractivity contribution is 5.72. The summed E-state index contributed by atoms with van der Waals surface area (Å²) in [7, 11) is 0. The fourth-order valence-corrected chi connectivity index (χ4v) is 1.27. The van der Waals surface area contributed by atoms with E-state index in [-0.39, 0.29) is 5.56 Å². The fourth-order valence-electron chi connectivity index (χ4n) is 1.27. The van der Waals surface area contributed by atoms with Crippen molar-refractivity contribution in [2.24, 2.45) is 0 Å². The third-order valence-corrected chi connectivity index (χ3v) is 2.04. The molecule has 0 amide bonds. The molecule has 14 heavy (non-hydrogen) atoms. The van der Waals surface area contributed by atoms with E-state index in [4.69, 9.17) is 0 Å². The zero-order chi connectivity index (χ0) is 10.1. The van der Waals surface area contributed by atoms with Gasteiger partial charge in [0.1, 0.15) is 11.6 Å². The Bertz CT molecular complexity index is 501. The second kappa shape index (κ2) is 3.22. The molecule has 2 aromatic heterocycles. The number of hydrogen-bond donors (Lipinski definition) is 2. The summed E-state index contributed by atoms with van der Waals surface area (Å²) in [5, 5.41) is 13.9. The minimum absolute atomic E-state index is 0.246. The van der Waals surface area contributed by atoms with Gasteiger partial charge in [-0.25, -0.2) is 9.67 Å². The van der Waals surface area contributed by atoms with Crippen molar-refractivity contribution in [2.45, 2.75) is 19.6 Å². The van der Waals surface area contributed by atoms with Crippen LogP contribution in [-0.4, -0.2) is 24.9 Å². The zero-order valence-corrected chi connectivity index (χ0v) is 7.64. The van der Waals surface area contributed by atoms with Crippen LogP contribution in [0, 0.1) is 0 Å². The number of fused-ring (bicyclic) bond motifs is 1. The highest BCUT2D eigenvalue weighted by atomic mass is 16.3. The molecule has 2 aromatic rings. The predicted octanol–water partition coefficient (Wildman–Crippen LogP) is 0.0205.